The van der Waals surface area contributed by atoms with Crippen molar-refractivity contribution in [3.05, 3.63) is 47.3 Å². The Morgan fingerprint density at radius 2 is 2.14 bits per heavy atom. The summed E-state index contributed by atoms with van der Waals surface area (Å²) in [4.78, 5) is 15.3. The number of hydrogen-bond acceptors (Lipinski definition) is 5. The largest absolute Gasteiger partial charge is 0.466 e. The van der Waals surface area contributed by atoms with Crippen LogP contribution in [0.2, 0.25) is 0 Å². The summed E-state index contributed by atoms with van der Waals surface area (Å²) in [7, 11) is 1.69. The van der Waals surface area contributed by atoms with Crippen molar-refractivity contribution in [2.45, 2.75) is 46.6 Å². The summed E-state index contributed by atoms with van der Waals surface area (Å²) in [6, 6.07) is 6.34. The Bertz CT molecular complexity index is 819. The first-order chi connectivity index (χ1) is 14.0. The third-order valence-corrected chi connectivity index (χ3v) is 5.88. The highest BCUT2D eigenvalue weighted by Crippen LogP contribution is 2.36. The van der Waals surface area contributed by atoms with Gasteiger partial charge in [-0.25, -0.2) is 4.68 Å². The molecule has 0 spiro atoms. The van der Waals surface area contributed by atoms with Gasteiger partial charge in [0.05, 0.1) is 17.7 Å². The molecule has 2 aromatic rings. The van der Waals surface area contributed by atoms with Gasteiger partial charge in [-0.3, -0.25) is 9.69 Å². The van der Waals surface area contributed by atoms with Crippen LogP contribution in [0.3, 0.4) is 0 Å². The minimum absolute atomic E-state index is 0.0883. The lowest BCUT2D eigenvalue weighted by Crippen LogP contribution is -2.49. The van der Waals surface area contributed by atoms with Crippen LogP contribution in [0.5, 0.6) is 0 Å². The molecule has 29 heavy (non-hydrogen) atoms. The fraction of sp³-hybridized carbons (Fsp3) is 0.565. The average molecular weight is 400 g/mol. The molecule has 1 atom stereocenters. The highest BCUT2D eigenvalue weighted by molar-refractivity contribution is 5.77. The van der Waals surface area contributed by atoms with E-state index in [1.165, 1.54) is 16.7 Å². The second-order valence-corrected chi connectivity index (χ2v) is 8.09. The number of nitrogens with zero attached hydrogens (tertiary/aromatic N) is 3. The van der Waals surface area contributed by atoms with Crippen molar-refractivity contribution in [1.29, 1.82) is 0 Å². The molecule has 1 aliphatic heterocycles. The minimum Gasteiger partial charge on any atom is -0.466 e. The van der Waals surface area contributed by atoms with E-state index in [2.05, 4.69) is 36.0 Å². The predicted octanol–water partition coefficient (Wildman–Crippen LogP) is 3.67. The number of carbonyl (C=O) groups is 1. The van der Waals surface area contributed by atoms with Gasteiger partial charge in [-0.1, -0.05) is 6.07 Å². The van der Waals surface area contributed by atoms with Crippen molar-refractivity contribution in [3.8, 4) is 5.69 Å². The van der Waals surface area contributed by atoms with Gasteiger partial charge in [0, 0.05) is 39.2 Å². The number of methoxy groups -OCH3 is 1. The smallest absolute Gasteiger partial charge is 0.313 e. The van der Waals surface area contributed by atoms with Crippen LogP contribution in [0.15, 0.2) is 30.6 Å². The molecule has 1 aromatic heterocycles. The van der Waals surface area contributed by atoms with Gasteiger partial charge in [-0.15, -0.1) is 0 Å². The monoisotopic (exact) mass is 399 g/mol. The first-order valence-corrected chi connectivity index (χ1v) is 10.5. The fourth-order valence-corrected chi connectivity index (χ4v) is 4.44. The van der Waals surface area contributed by atoms with Gasteiger partial charge < -0.3 is 9.47 Å². The van der Waals surface area contributed by atoms with E-state index in [0.717, 1.165) is 31.6 Å². The standard InChI is InChI=1S/C23H33N3O3/c1-5-29-22(27)23(9-13-28-4)8-6-11-25(17-23)16-20-19(3)14-18(2)15-21(20)26-12-7-10-24-26/h7,10,12,14-15H,5-6,8-9,11,13,16-17H2,1-4H3. The van der Waals surface area contributed by atoms with Crippen LogP contribution in [-0.4, -0.2) is 54.1 Å². The van der Waals surface area contributed by atoms with Crippen molar-refractivity contribution < 1.29 is 14.3 Å². The fourth-order valence-electron chi connectivity index (χ4n) is 4.44. The zero-order valence-electron chi connectivity index (χ0n) is 18.1. The Balaban J connectivity index is 1.87. The normalized spacial score (nSPS) is 20.0. The number of esters is 1. The van der Waals surface area contributed by atoms with E-state index in [4.69, 9.17) is 9.47 Å². The number of ether oxygens (including phenoxy) is 2. The Kier molecular flexibility index (Phi) is 7.09. The number of aryl methyl sites for hydroxylation is 2. The molecule has 0 radical (unpaired) electrons. The van der Waals surface area contributed by atoms with E-state index in [9.17, 15) is 4.79 Å². The molecule has 0 bridgehead atoms. The lowest BCUT2D eigenvalue weighted by Gasteiger charge is -2.41. The third-order valence-electron chi connectivity index (χ3n) is 5.88. The van der Waals surface area contributed by atoms with Crippen LogP contribution in [0.25, 0.3) is 5.69 Å². The zero-order valence-corrected chi connectivity index (χ0v) is 18.1. The molecule has 0 amide bonds. The van der Waals surface area contributed by atoms with Gasteiger partial charge in [-0.2, -0.15) is 5.10 Å². The van der Waals surface area contributed by atoms with Crippen LogP contribution < -0.4 is 0 Å². The van der Waals surface area contributed by atoms with Crippen LogP contribution in [-0.2, 0) is 20.8 Å². The summed E-state index contributed by atoms with van der Waals surface area (Å²) in [5.41, 5.74) is 4.34. The summed E-state index contributed by atoms with van der Waals surface area (Å²) >= 11 is 0. The second kappa shape index (κ2) is 9.55. The highest BCUT2D eigenvalue weighted by atomic mass is 16.5. The van der Waals surface area contributed by atoms with Gasteiger partial charge in [-0.05, 0) is 75.4 Å². The molecule has 2 heterocycles. The molecule has 0 N–H and O–H groups in total. The summed E-state index contributed by atoms with van der Waals surface area (Å²) in [5, 5.41) is 4.45. The van der Waals surface area contributed by atoms with E-state index in [-0.39, 0.29) is 5.97 Å². The molecule has 3 rings (SSSR count). The second-order valence-electron chi connectivity index (χ2n) is 8.09. The summed E-state index contributed by atoms with van der Waals surface area (Å²) in [6.45, 7) is 9.57. The van der Waals surface area contributed by atoms with Crippen molar-refractivity contribution in [1.82, 2.24) is 14.7 Å². The van der Waals surface area contributed by atoms with E-state index in [1.807, 2.05) is 23.9 Å². The molecule has 0 saturated carbocycles. The molecule has 6 nitrogen and oxygen atoms in total. The third kappa shape index (κ3) is 4.87. The van der Waals surface area contributed by atoms with Crippen molar-refractivity contribution in [3.63, 3.8) is 0 Å². The number of rotatable bonds is 8. The maximum Gasteiger partial charge on any atom is 0.313 e. The highest BCUT2D eigenvalue weighted by Gasteiger charge is 2.43. The molecule has 1 unspecified atom stereocenters. The SMILES string of the molecule is CCOC(=O)C1(CCOC)CCCN(Cc2c(C)cc(C)cc2-n2cccn2)C1. The maximum absolute atomic E-state index is 12.9. The van der Waals surface area contributed by atoms with E-state index in [0.29, 0.717) is 26.2 Å². The molecular weight excluding hydrogens is 366 g/mol. The number of hydrogen-bond donors (Lipinski definition) is 0. The van der Waals surface area contributed by atoms with Gasteiger partial charge in [0.15, 0.2) is 0 Å². The molecule has 1 aromatic carbocycles. The first kappa shape index (κ1) is 21.5. The van der Waals surface area contributed by atoms with Crippen molar-refractivity contribution in [2.24, 2.45) is 5.41 Å². The number of likely N-dealkylation sites (tertiary alicyclic amines) is 1. The molecule has 0 aliphatic carbocycles. The summed E-state index contributed by atoms with van der Waals surface area (Å²) in [5.74, 6) is -0.0883. The molecule has 6 heteroatoms. The Morgan fingerprint density at radius 1 is 1.31 bits per heavy atom. The quantitative estimate of drug-likeness (QED) is 0.634. The van der Waals surface area contributed by atoms with Gasteiger partial charge in [0.25, 0.3) is 0 Å². The first-order valence-electron chi connectivity index (χ1n) is 10.5. The van der Waals surface area contributed by atoms with E-state index < -0.39 is 5.41 Å². The van der Waals surface area contributed by atoms with E-state index >= 15 is 0 Å². The Morgan fingerprint density at radius 3 is 2.83 bits per heavy atom. The number of aromatic nitrogens is 2. The Hall–Kier alpha value is -2.18. The van der Waals surface area contributed by atoms with Gasteiger partial charge in [0.1, 0.15) is 0 Å². The lowest BCUT2D eigenvalue weighted by atomic mass is 9.77. The molecule has 1 saturated heterocycles. The zero-order chi connectivity index (χ0) is 20.9. The van der Waals surface area contributed by atoms with Crippen LogP contribution in [0, 0.1) is 19.3 Å². The summed E-state index contributed by atoms with van der Waals surface area (Å²) < 4.78 is 12.7. The van der Waals surface area contributed by atoms with Gasteiger partial charge >= 0.3 is 5.97 Å². The van der Waals surface area contributed by atoms with E-state index in [1.54, 1.807) is 13.3 Å². The average Bonchev–Trinajstić information content (AvgIpc) is 3.23. The molecule has 158 valence electrons. The van der Waals surface area contributed by atoms with Crippen LogP contribution in [0.1, 0.15) is 42.9 Å². The predicted molar refractivity (Wildman–Crippen MR) is 113 cm³/mol. The van der Waals surface area contributed by atoms with Crippen LogP contribution >= 0.6 is 0 Å². The molecule has 1 fully saturated rings. The topological polar surface area (TPSA) is 56.6 Å². The maximum atomic E-state index is 12.9. The van der Waals surface area contributed by atoms with Crippen molar-refractivity contribution in [2.75, 3.05) is 33.4 Å². The number of carbonyl (C=O) groups excluding carboxylic acids is 1. The lowest BCUT2D eigenvalue weighted by molar-refractivity contribution is -0.160. The number of benzene rings is 1. The number of piperidine rings is 1. The summed E-state index contributed by atoms with van der Waals surface area (Å²) in [6.07, 6.45) is 6.31. The molecular formula is C23H33N3O3. The van der Waals surface area contributed by atoms with Crippen molar-refractivity contribution >= 4 is 5.97 Å². The van der Waals surface area contributed by atoms with Crippen LogP contribution in [0.4, 0.5) is 0 Å². The van der Waals surface area contributed by atoms with Gasteiger partial charge in [0.2, 0.25) is 0 Å². The minimum atomic E-state index is -0.491. The molecule has 1 aliphatic rings. The Labute approximate surface area is 173 Å².